The third-order valence-corrected chi connectivity index (χ3v) is 4.78. The van der Waals surface area contributed by atoms with E-state index < -0.39 is 17.6 Å². The van der Waals surface area contributed by atoms with Gasteiger partial charge < -0.3 is 5.32 Å². The van der Waals surface area contributed by atoms with Crippen molar-refractivity contribution in [1.82, 2.24) is 9.78 Å². The summed E-state index contributed by atoms with van der Waals surface area (Å²) in [7, 11) is 1.81. The molecule has 1 heterocycles. The average molecular weight is 369 g/mol. The molecule has 0 bridgehead atoms. The lowest BCUT2D eigenvalue weighted by Gasteiger charge is -2.17. The molecule has 1 atom stereocenters. The molecule has 0 fully saturated rings. The highest BCUT2D eigenvalue weighted by Gasteiger charge is 2.24. The number of rotatable bonds is 4. The van der Waals surface area contributed by atoms with Crippen molar-refractivity contribution in [3.63, 3.8) is 0 Å². The number of aryl methyl sites for hydroxylation is 2. The molecule has 0 saturated heterocycles. The number of aromatic nitrogens is 2. The highest BCUT2D eigenvalue weighted by atomic mass is 19.1. The predicted octanol–water partition coefficient (Wildman–Crippen LogP) is 4.72. The maximum absolute atomic E-state index is 14.5. The van der Waals surface area contributed by atoms with Gasteiger partial charge in [-0.15, -0.1) is 0 Å². The summed E-state index contributed by atoms with van der Waals surface area (Å²) in [6.45, 7) is 5.46. The Bertz CT molecular complexity index is 996. The van der Waals surface area contributed by atoms with Crippen LogP contribution >= 0.6 is 0 Å². The summed E-state index contributed by atoms with van der Waals surface area (Å²) >= 11 is 0. The minimum absolute atomic E-state index is 0.0290. The first-order chi connectivity index (χ1) is 12.8. The molecule has 0 aliphatic heterocycles. The number of nitrogens with zero attached hydrogens (tertiary/aromatic N) is 2. The molecular formula is C21H21F2N3O. The van der Waals surface area contributed by atoms with Crippen molar-refractivity contribution in [2.24, 2.45) is 7.05 Å². The molecular weight excluding hydrogens is 348 g/mol. The SMILES string of the molecule is Cc1nn(C)c(C)c1[C@@H](C)C(=O)Nc1c(F)cc(F)cc1-c1ccccc1. The van der Waals surface area contributed by atoms with Gasteiger partial charge in [-0.05, 0) is 32.4 Å². The first-order valence-corrected chi connectivity index (χ1v) is 8.65. The van der Waals surface area contributed by atoms with Gasteiger partial charge in [0.05, 0.1) is 17.3 Å². The Labute approximate surface area is 156 Å². The Morgan fingerprint density at radius 2 is 1.81 bits per heavy atom. The first-order valence-electron chi connectivity index (χ1n) is 8.65. The van der Waals surface area contributed by atoms with E-state index in [2.05, 4.69) is 10.4 Å². The van der Waals surface area contributed by atoms with Gasteiger partial charge in [0.25, 0.3) is 0 Å². The fourth-order valence-corrected chi connectivity index (χ4v) is 3.33. The lowest BCUT2D eigenvalue weighted by molar-refractivity contribution is -0.117. The standard InChI is InChI=1S/C21H21F2N3O/c1-12(19-13(2)25-26(4)14(19)3)21(27)24-20-17(10-16(22)11-18(20)23)15-8-6-5-7-9-15/h5-12H,1-4H3,(H,24,27)/t12-/m1/s1. The minimum atomic E-state index is -0.811. The molecule has 2 aromatic carbocycles. The normalized spacial score (nSPS) is 12.1. The zero-order chi connectivity index (χ0) is 19.7. The van der Waals surface area contributed by atoms with E-state index in [-0.39, 0.29) is 11.6 Å². The topological polar surface area (TPSA) is 46.9 Å². The molecule has 3 rings (SSSR count). The molecule has 1 aromatic heterocycles. The van der Waals surface area contributed by atoms with Gasteiger partial charge in [0.15, 0.2) is 0 Å². The quantitative estimate of drug-likeness (QED) is 0.723. The van der Waals surface area contributed by atoms with Gasteiger partial charge in [0.1, 0.15) is 11.6 Å². The number of carbonyl (C=O) groups excluding carboxylic acids is 1. The molecule has 0 saturated carbocycles. The predicted molar refractivity (Wildman–Crippen MR) is 102 cm³/mol. The van der Waals surface area contributed by atoms with E-state index in [1.807, 2.05) is 27.0 Å². The monoisotopic (exact) mass is 369 g/mol. The van der Waals surface area contributed by atoms with Crippen LogP contribution in [0.5, 0.6) is 0 Å². The third-order valence-electron chi connectivity index (χ3n) is 4.78. The summed E-state index contributed by atoms with van der Waals surface area (Å²) < 4.78 is 30.0. The van der Waals surface area contributed by atoms with Crippen LogP contribution < -0.4 is 5.32 Å². The maximum atomic E-state index is 14.5. The molecule has 3 aromatic rings. The fraction of sp³-hybridized carbons (Fsp3) is 0.238. The largest absolute Gasteiger partial charge is 0.323 e. The van der Waals surface area contributed by atoms with E-state index in [0.717, 1.165) is 23.0 Å². The second-order valence-electron chi connectivity index (χ2n) is 6.60. The van der Waals surface area contributed by atoms with E-state index in [4.69, 9.17) is 0 Å². The lowest BCUT2D eigenvalue weighted by Crippen LogP contribution is -2.21. The van der Waals surface area contributed by atoms with E-state index in [0.29, 0.717) is 11.1 Å². The Hall–Kier alpha value is -3.02. The van der Waals surface area contributed by atoms with Crippen LogP contribution in [-0.2, 0) is 11.8 Å². The number of amides is 1. The van der Waals surface area contributed by atoms with Gasteiger partial charge in [0.2, 0.25) is 5.91 Å². The molecule has 0 aliphatic rings. The average Bonchev–Trinajstić information content (AvgIpc) is 2.89. The summed E-state index contributed by atoms with van der Waals surface area (Å²) in [5.41, 5.74) is 3.32. The van der Waals surface area contributed by atoms with Crippen molar-refractivity contribution in [3.8, 4) is 11.1 Å². The van der Waals surface area contributed by atoms with Crippen molar-refractivity contribution in [2.75, 3.05) is 5.32 Å². The van der Waals surface area contributed by atoms with Crippen LogP contribution in [0.3, 0.4) is 0 Å². The van der Waals surface area contributed by atoms with E-state index in [1.54, 1.807) is 35.9 Å². The van der Waals surface area contributed by atoms with Gasteiger partial charge in [-0.1, -0.05) is 30.3 Å². The van der Waals surface area contributed by atoms with Crippen LogP contribution in [0.1, 0.15) is 29.8 Å². The van der Waals surface area contributed by atoms with Crippen LogP contribution in [0.15, 0.2) is 42.5 Å². The van der Waals surface area contributed by atoms with Crippen LogP contribution in [-0.4, -0.2) is 15.7 Å². The number of hydrogen-bond acceptors (Lipinski definition) is 2. The zero-order valence-electron chi connectivity index (χ0n) is 15.7. The number of halogens is 2. The number of carbonyl (C=O) groups is 1. The van der Waals surface area contributed by atoms with Crippen molar-refractivity contribution in [3.05, 3.63) is 71.1 Å². The highest BCUT2D eigenvalue weighted by Crippen LogP contribution is 2.33. The molecule has 0 aliphatic carbocycles. The first kappa shape index (κ1) is 18.8. The summed E-state index contributed by atoms with van der Waals surface area (Å²) in [6.07, 6.45) is 0. The summed E-state index contributed by atoms with van der Waals surface area (Å²) in [4.78, 5) is 12.8. The smallest absolute Gasteiger partial charge is 0.231 e. The number of anilines is 1. The molecule has 140 valence electrons. The van der Waals surface area contributed by atoms with Crippen molar-refractivity contribution in [2.45, 2.75) is 26.7 Å². The van der Waals surface area contributed by atoms with Crippen LogP contribution in [0, 0.1) is 25.5 Å². The Morgan fingerprint density at radius 1 is 1.15 bits per heavy atom. The molecule has 0 spiro atoms. The molecule has 1 N–H and O–H groups in total. The Morgan fingerprint density at radius 3 is 2.41 bits per heavy atom. The number of nitrogens with one attached hydrogen (secondary N) is 1. The molecule has 0 unspecified atom stereocenters. The number of benzene rings is 2. The second kappa shape index (κ2) is 7.31. The molecule has 27 heavy (non-hydrogen) atoms. The third kappa shape index (κ3) is 3.60. The Balaban J connectivity index is 1.99. The zero-order valence-corrected chi connectivity index (χ0v) is 15.7. The summed E-state index contributed by atoms with van der Waals surface area (Å²) in [5.74, 6) is -2.42. The van der Waals surface area contributed by atoms with Crippen molar-refractivity contribution >= 4 is 11.6 Å². The van der Waals surface area contributed by atoms with Gasteiger partial charge in [-0.2, -0.15) is 5.10 Å². The van der Waals surface area contributed by atoms with Crippen LogP contribution in [0.2, 0.25) is 0 Å². The van der Waals surface area contributed by atoms with Crippen LogP contribution in [0.4, 0.5) is 14.5 Å². The van der Waals surface area contributed by atoms with Crippen LogP contribution in [0.25, 0.3) is 11.1 Å². The lowest BCUT2D eigenvalue weighted by atomic mass is 9.97. The fourth-order valence-electron chi connectivity index (χ4n) is 3.33. The minimum Gasteiger partial charge on any atom is -0.323 e. The summed E-state index contributed by atoms with van der Waals surface area (Å²) in [5, 5.41) is 6.98. The van der Waals surface area contributed by atoms with E-state index in [9.17, 15) is 13.6 Å². The van der Waals surface area contributed by atoms with Gasteiger partial charge in [-0.3, -0.25) is 9.48 Å². The van der Waals surface area contributed by atoms with Gasteiger partial charge in [-0.25, -0.2) is 8.78 Å². The molecule has 4 nitrogen and oxygen atoms in total. The number of hydrogen-bond donors (Lipinski definition) is 1. The summed E-state index contributed by atoms with van der Waals surface area (Å²) in [6, 6.07) is 10.8. The van der Waals surface area contributed by atoms with Gasteiger partial charge >= 0.3 is 0 Å². The molecule has 1 amide bonds. The van der Waals surface area contributed by atoms with E-state index in [1.165, 1.54) is 6.07 Å². The van der Waals surface area contributed by atoms with Gasteiger partial charge in [0, 0.05) is 29.9 Å². The van der Waals surface area contributed by atoms with E-state index >= 15 is 0 Å². The molecule has 6 heteroatoms. The molecule has 0 radical (unpaired) electrons. The second-order valence-corrected chi connectivity index (χ2v) is 6.60. The Kier molecular flexibility index (Phi) is 5.08. The van der Waals surface area contributed by atoms with Crippen molar-refractivity contribution < 1.29 is 13.6 Å². The highest BCUT2D eigenvalue weighted by molar-refractivity contribution is 5.99. The maximum Gasteiger partial charge on any atom is 0.231 e. The van der Waals surface area contributed by atoms with Crippen molar-refractivity contribution in [1.29, 1.82) is 0 Å².